The molecule has 0 bridgehead atoms. The Kier molecular flexibility index (Phi) is 10.6. The Morgan fingerprint density at radius 2 is 1.30 bits per heavy atom. The fraction of sp³-hybridized carbons (Fsp3) is 0.150. The summed E-state index contributed by atoms with van der Waals surface area (Å²) in [6.45, 7) is 6.80. The molecule has 0 nitrogen and oxygen atoms in total. The van der Waals surface area contributed by atoms with Crippen molar-refractivity contribution in [3.05, 3.63) is 170 Å². The molecule has 43 heavy (non-hydrogen) atoms. The van der Waals surface area contributed by atoms with Crippen LogP contribution in [-0.4, -0.2) is 0 Å². The zero-order chi connectivity index (χ0) is 27.2. The van der Waals surface area contributed by atoms with Crippen LogP contribution in [0, 0.1) is 0 Å². The second-order valence-electron chi connectivity index (χ2n) is 11.0. The minimum atomic E-state index is 0. The van der Waals surface area contributed by atoms with Gasteiger partial charge in [0, 0.05) is 5.92 Å². The molecule has 1 unspecified atom stereocenters. The average molecular weight is 676 g/mol. The van der Waals surface area contributed by atoms with Gasteiger partial charge in [-0.1, -0.05) is 140 Å². The number of rotatable bonds is 5. The summed E-state index contributed by atoms with van der Waals surface area (Å²) < 4.78 is 0. The first kappa shape index (κ1) is 32.9. The standard InChI is InChI=1S/C40H33.2ClH.Zr/c1-4-27-20-21-33-30(23-27)24-37-35(33)25-38(39(28-14-8-6-9-15-28)29-16-10-7-11-17-29)31(5-2)40(37)36-22-26(3)32-18-12-13-19-34(32)36;;;/h6-23,25,36H,4-5H2,1-3H3;2*1H;/q-1;;;+3/p-2. The Balaban J connectivity index is 0.00000141. The molecule has 0 aromatic heterocycles. The zero-order valence-corrected chi connectivity index (χ0v) is 28.7. The van der Waals surface area contributed by atoms with E-state index in [4.69, 9.17) is 0 Å². The summed E-state index contributed by atoms with van der Waals surface area (Å²) in [5.74, 6) is 0.208. The van der Waals surface area contributed by atoms with E-state index in [-0.39, 0.29) is 56.9 Å². The maximum absolute atomic E-state index is 3.93. The van der Waals surface area contributed by atoms with E-state index >= 15 is 0 Å². The molecule has 2 aliphatic rings. The molecule has 7 rings (SSSR count). The average Bonchev–Trinajstić information content (AvgIpc) is 3.54. The Labute approximate surface area is 287 Å². The van der Waals surface area contributed by atoms with Crippen molar-refractivity contribution in [1.82, 2.24) is 0 Å². The summed E-state index contributed by atoms with van der Waals surface area (Å²) in [6.07, 6.45) is 8.39. The van der Waals surface area contributed by atoms with Gasteiger partial charge in [0.1, 0.15) is 0 Å². The molecule has 5 aromatic rings. The summed E-state index contributed by atoms with van der Waals surface area (Å²) in [4.78, 5) is 0. The Hall–Kier alpha value is -2.96. The van der Waals surface area contributed by atoms with Gasteiger partial charge in [-0.15, -0.1) is 34.1 Å². The number of fused-ring (bicyclic) bond motifs is 4. The molecule has 3 heteroatoms. The van der Waals surface area contributed by atoms with Crippen molar-refractivity contribution in [2.75, 3.05) is 0 Å². The maximum atomic E-state index is 3.93. The minimum absolute atomic E-state index is 0. The first-order chi connectivity index (χ1) is 19.7. The molecule has 2 aliphatic carbocycles. The first-order valence-electron chi connectivity index (χ1n) is 14.5. The summed E-state index contributed by atoms with van der Waals surface area (Å²) >= 11 is 0. The normalized spacial score (nSPS) is 13.7. The van der Waals surface area contributed by atoms with Gasteiger partial charge in [0.2, 0.25) is 0 Å². The fourth-order valence-electron chi connectivity index (χ4n) is 6.81. The predicted molar refractivity (Wildman–Crippen MR) is 169 cm³/mol. The number of halogens is 2. The van der Waals surface area contributed by atoms with Crippen LogP contribution in [0.3, 0.4) is 0 Å². The van der Waals surface area contributed by atoms with Gasteiger partial charge in [0.25, 0.3) is 0 Å². The maximum Gasteiger partial charge on any atom is 3.00 e. The zero-order valence-electron chi connectivity index (χ0n) is 24.7. The number of benzene rings is 5. The van der Waals surface area contributed by atoms with Crippen molar-refractivity contribution in [2.24, 2.45) is 0 Å². The molecule has 0 saturated carbocycles. The van der Waals surface area contributed by atoms with Crippen LogP contribution in [0.25, 0.3) is 28.3 Å². The van der Waals surface area contributed by atoms with Gasteiger partial charge >= 0.3 is 26.2 Å². The molecular weight excluding hydrogens is 643 g/mol. The van der Waals surface area contributed by atoms with Crippen molar-refractivity contribution in [3.8, 4) is 11.1 Å². The SMILES string of the molecule is CCc1ccc2c(c1)[C-]=c1c-2cc(=C(c2ccccc2)c2ccccc2)c(CC)c1C1C=C(C)c2ccccc21.[Cl-].[Cl-].[Zr+3]. The largest absolute Gasteiger partial charge is 3.00 e. The van der Waals surface area contributed by atoms with Crippen molar-refractivity contribution in [1.29, 1.82) is 0 Å². The third-order valence-corrected chi connectivity index (χ3v) is 8.72. The van der Waals surface area contributed by atoms with E-state index < -0.39 is 0 Å². The third kappa shape index (κ3) is 5.69. The number of aryl methyl sites for hydroxylation is 1. The van der Waals surface area contributed by atoms with Crippen LogP contribution in [0.15, 0.2) is 115 Å². The Morgan fingerprint density at radius 1 is 0.674 bits per heavy atom. The van der Waals surface area contributed by atoms with Crippen molar-refractivity contribution in [2.45, 2.75) is 39.5 Å². The monoisotopic (exact) mass is 673 g/mol. The molecule has 1 atom stereocenters. The van der Waals surface area contributed by atoms with E-state index in [2.05, 4.69) is 142 Å². The van der Waals surface area contributed by atoms with Gasteiger partial charge in [-0.05, 0) is 58.4 Å². The van der Waals surface area contributed by atoms with Gasteiger partial charge < -0.3 is 24.8 Å². The topological polar surface area (TPSA) is 0 Å². The van der Waals surface area contributed by atoms with Crippen LogP contribution >= 0.6 is 0 Å². The fourth-order valence-corrected chi connectivity index (χ4v) is 6.81. The molecule has 5 aromatic carbocycles. The Bertz CT molecular complexity index is 1880. The van der Waals surface area contributed by atoms with Crippen LogP contribution in [0.1, 0.15) is 71.2 Å². The van der Waals surface area contributed by atoms with E-state index in [1.165, 1.54) is 77.2 Å². The second-order valence-corrected chi connectivity index (χ2v) is 11.0. The molecule has 0 saturated heterocycles. The summed E-state index contributed by atoms with van der Waals surface area (Å²) in [5, 5.41) is 2.60. The van der Waals surface area contributed by atoms with Gasteiger partial charge in [-0.2, -0.15) is 0 Å². The van der Waals surface area contributed by atoms with Gasteiger partial charge in [0.15, 0.2) is 0 Å². The van der Waals surface area contributed by atoms with E-state index in [0.717, 1.165) is 12.8 Å². The van der Waals surface area contributed by atoms with Crippen LogP contribution in [0.5, 0.6) is 0 Å². The molecule has 0 N–H and O–H groups in total. The molecular formula is C40H33Cl2Zr. The second kappa shape index (κ2) is 13.8. The smallest absolute Gasteiger partial charge is 1.00 e. The summed E-state index contributed by atoms with van der Waals surface area (Å²) in [6, 6.07) is 40.2. The number of hydrogen-bond acceptors (Lipinski definition) is 0. The summed E-state index contributed by atoms with van der Waals surface area (Å²) in [5.41, 5.74) is 16.0. The first-order valence-corrected chi connectivity index (χ1v) is 14.5. The molecule has 0 amide bonds. The van der Waals surface area contributed by atoms with Crippen LogP contribution in [0.2, 0.25) is 0 Å². The number of hydrogen-bond donors (Lipinski definition) is 0. The predicted octanol–water partition coefficient (Wildman–Crippen LogP) is 2.30. The van der Waals surface area contributed by atoms with E-state index in [0.29, 0.717) is 0 Å². The summed E-state index contributed by atoms with van der Waals surface area (Å²) in [7, 11) is 0. The molecule has 0 spiro atoms. The van der Waals surface area contributed by atoms with Crippen molar-refractivity contribution >= 4 is 17.2 Å². The molecule has 211 valence electrons. The van der Waals surface area contributed by atoms with Crippen LogP contribution < -0.4 is 35.3 Å². The molecule has 0 heterocycles. The van der Waals surface area contributed by atoms with Gasteiger partial charge in [-0.3, -0.25) is 0 Å². The van der Waals surface area contributed by atoms with Crippen LogP contribution in [-0.2, 0) is 39.0 Å². The van der Waals surface area contributed by atoms with E-state index in [1.54, 1.807) is 0 Å². The Morgan fingerprint density at radius 3 is 1.93 bits per heavy atom. The molecule has 0 aliphatic heterocycles. The van der Waals surface area contributed by atoms with E-state index in [1.807, 2.05) is 0 Å². The van der Waals surface area contributed by atoms with Gasteiger partial charge in [0.05, 0.1) is 0 Å². The molecule has 1 radical (unpaired) electrons. The molecule has 0 fully saturated rings. The van der Waals surface area contributed by atoms with Crippen LogP contribution in [0.4, 0.5) is 0 Å². The quantitative estimate of drug-likeness (QED) is 0.247. The van der Waals surface area contributed by atoms with Crippen molar-refractivity contribution in [3.63, 3.8) is 0 Å². The van der Waals surface area contributed by atoms with E-state index in [9.17, 15) is 0 Å². The van der Waals surface area contributed by atoms with Gasteiger partial charge in [-0.25, -0.2) is 0 Å². The minimum Gasteiger partial charge on any atom is -1.00 e. The van der Waals surface area contributed by atoms with Crippen molar-refractivity contribution < 1.29 is 51.0 Å². The third-order valence-electron chi connectivity index (χ3n) is 8.72. The number of allylic oxidation sites excluding steroid dienone is 2.